The quantitative estimate of drug-likeness (QED) is 0.887. The number of hydrogen-bond acceptors (Lipinski definition) is 4. The Labute approximate surface area is 133 Å². The van der Waals surface area contributed by atoms with Crippen molar-refractivity contribution in [2.75, 3.05) is 17.2 Å². The summed E-state index contributed by atoms with van der Waals surface area (Å²) < 4.78 is 0. The molecule has 0 atom stereocenters. The molecule has 1 aromatic carbocycles. The van der Waals surface area contributed by atoms with Crippen LogP contribution in [0.2, 0.25) is 5.02 Å². The fourth-order valence-corrected chi connectivity index (χ4v) is 2.03. The number of benzene rings is 1. The molecule has 6 heteroatoms. The van der Waals surface area contributed by atoms with Crippen molar-refractivity contribution in [3.63, 3.8) is 0 Å². The van der Waals surface area contributed by atoms with Gasteiger partial charge in [0, 0.05) is 29.9 Å². The molecule has 1 heterocycles. The Kier molecular flexibility index (Phi) is 5.34. The van der Waals surface area contributed by atoms with Gasteiger partial charge in [0.2, 0.25) is 5.91 Å². The van der Waals surface area contributed by atoms with E-state index in [4.69, 9.17) is 16.9 Å². The van der Waals surface area contributed by atoms with Gasteiger partial charge in [-0.3, -0.25) is 4.79 Å². The van der Waals surface area contributed by atoms with Crippen LogP contribution in [-0.2, 0) is 4.79 Å². The first-order chi connectivity index (χ1) is 10.6. The van der Waals surface area contributed by atoms with Gasteiger partial charge in [-0.25, -0.2) is 4.98 Å². The van der Waals surface area contributed by atoms with Crippen LogP contribution in [0, 0.1) is 18.3 Å². The minimum absolute atomic E-state index is 0.116. The molecule has 0 radical (unpaired) electrons. The van der Waals surface area contributed by atoms with Gasteiger partial charge in [-0.15, -0.1) is 0 Å². The highest BCUT2D eigenvalue weighted by Gasteiger charge is 2.06. The van der Waals surface area contributed by atoms with E-state index in [1.165, 1.54) is 0 Å². The van der Waals surface area contributed by atoms with Crippen molar-refractivity contribution in [1.29, 1.82) is 5.26 Å². The molecule has 0 aliphatic heterocycles. The molecule has 0 spiro atoms. The predicted molar refractivity (Wildman–Crippen MR) is 86.9 cm³/mol. The van der Waals surface area contributed by atoms with Crippen molar-refractivity contribution in [3.05, 3.63) is 52.7 Å². The summed E-state index contributed by atoms with van der Waals surface area (Å²) in [5.41, 5.74) is 2.08. The summed E-state index contributed by atoms with van der Waals surface area (Å²) in [6.45, 7) is 2.28. The van der Waals surface area contributed by atoms with Crippen molar-refractivity contribution in [2.24, 2.45) is 0 Å². The van der Waals surface area contributed by atoms with Gasteiger partial charge in [-0.1, -0.05) is 17.7 Å². The minimum atomic E-state index is -0.116. The van der Waals surface area contributed by atoms with Gasteiger partial charge >= 0.3 is 0 Å². The van der Waals surface area contributed by atoms with Gasteiger partial charge < -0.3 is 10.6 Å². The van der Waals surface area contributed by atoms with Gasteiger partial charge in [-0.05, 0) is 36.8 Å². The monoisotopic (exact) mass is 314 g/mol. The smallest absolute Gasteiger partial charge is 0.226 e. The number of hydrogen-bond donors (Lipinski definition) is 2. The normalized spacial score (nSPS) is 9.86. The lowest BCUT2D eigenvalue weighted by molar-refractivity contribution is -0.115. The van der Waals surface area contributed by atoms with E-state index in [9.17, 15) is 4.79 Å². The van der Waals surface area contributed by atoms with Crippen LogP contribution in [0.15, 0.2) is 36.5 Å². The maximum absolute atomic E-state index is 11.9. The van der Waals surface area contributed by atoms with Crippen LogP contribution in [0.3, 0.4) is 0 Å². The highest BCUT2D eigenvalue weighted by atomic mass is 35.5. The van der Waals surface area contributed by atoms with Crippen LogP contribution in [0.25, 0.3) is 0 Å². The first kappa shape index (κ1) is 15.8. The summed E-state index contributed by atoms with van der Waals surface area (Å²) in [5.74, 6) is 0.458. The van der Waals surface area contributed by atoms with Crippen LogP contribution in [0.4, 0.5) is 11.5 Å². The van der Waals surface area contributed by atoms with Crippen molar-refractivity contribution in [1.82, 2.24) is 4.98 Å². The van der Waals surface area contributed by atoms with E-state index in [1.807, 2.05) is 19.1 Å². The highest BCUT2D eigenvalue weighted by Crippen LogP contribution is 2.22. The topological polar surface area (TPSA) is 77.8 Å². The number of carbonyl (C=O) groups is 1. The lowest BCUT2D eigenvalue weighted by atomic mass is 10.2. The summed E-state index contributed by atoms with van der Waals surface area (Å²) in [7, 11) is 0. The third kappa shape index (κ3) is 4.21. The molecule has 0 saturated carbocycles. The molecular weight excluding hydrogens is 300 g/mol. The second kappa shape index (κ2) is 7.43. The number of nitriles is 1. The number of pyridine rings is 1. The summed E-state index contributed by atoms with van der Waals surface area (Å²) in [5, 5.41) is 15.3. The zero-order chi connectivity index (χ0) is 15.9. The van der Waals surface area contributed by atoms with Crippen LogP contribution in [0.1, 0.15) is 17.5 Å². The molecule has 0 saturated heterocycles. The van der Waals surface area contributed by atoms with E-state index in [0.29, 0.717) is 28.6 Å². The average Bonchev–Trinajstić information content (AvgIpc) is 2.52. The molecule has 0 fully saturated rings. The fourth-order valence-electron chi connectivity index (χ4n) is 1.86. The van der Waals surface area contributed by atoms with Crippen LogP contribution in [0.5, 0.6) is 0 Å². The van der Waals surface area contributed by atoms with Crippen molar-refractivity contribution in [2.45, 2.75) is 13.3 Å². The lowest BCUT2D eigenvalue weighted by Crippen LogP contribution is -2.17. The molecule has 2 rings (SSSR count). The van der Waals surface area contributed by atoms with Crippen LogP contribution in [-0.4, -0.2) is 17.4 Å². The Morgan fingerprint density at radius 1 is 1.41 bits per heavy atom. The Bertz CT molecular complexity index is 724. The van der Waals surface area contributed by atoms with Crippen LogP contribution < -0.4 is 10.6 Å². The maximum Gasteiger partial charge on any atom is 0.226 e. The molecule has 0 bridgehead atoms. The number of halogens is 1. The van der Waals surface area contributed by atoms with E-state index in [2.05, 4.69) is 15.6 Å². The summed E-state index contributed by atoms with van der Waals surface area (Å²) in [6, 6.07) is 10.7. The average molecular weight is 315 g/mol. The van der Waals surface area contributed by atoms with Gasteiger partial charge in [0.25, 0.3) is 0 Å². The highest BCUT2D eigenvalue weighted by molar-refractivity contribution is 6.31. The third-order valence-electron chi connectivity index (χ3n) is 3.09. The molecule has 112 valence electrons. The van der Waals surface area contributed by atoms with Crippen molar-refractivity contribution >= 4 is 29.0 Å². The maximum atomic E-state index is 11.9. The molecule has 2 N–H and O–H groups in total. The number of rotatable bonds is 5. The number of nitrogens with zero attached hydrogens (tertiary/aromatic N) is 2. The molecule has 1 amide bonds. The van der Waals surface area contributed by atoms with E-state index in [1.54, 1.807) is 30.5 Å². The minimum Gasteiger partial charge on any atom is -0.370 e. The second-order valence-electron chi connectivity index (χ2n) is 4.68. The molecule has 5 nitrogen and oxygen atoms in total. The number of anilines is 2. The van der Waals surface area contributed by atoms with Gasteiger partial charge in [0.15, 0.2) is 0 Å². The number of carbonyl (C=O) groups excluding carboxylic acids is 1. The summed E-state index contributed by atoms with van der Waals surface area (Å²) in [6.07, 6.45) is 1.83. The van der Waals surface area contributed by atoms with Crippen LogP contribution >= 0.6 is 11.6 Å². The predicted octanol–water partition coefficient (Wildman–Crippen LogP) is 3.36. The van der Waals surface area contributed by atoms with Gasteiger partial charge in [0.05, 0.1) is 11.6 Å². The molecular formula is C16H15ClN4O. The Morgan fingerprint density at radius 3 is 3.00 bits per heavy atom. The van der Waals surface area contributed by atoms with Crippen molar-refractivity contribution in [3.8, 4) is 6.07 Å². The second-order valence-corrected chi connectivity index (χ2v) is 5.09. The molecule has 0 unspecified atom stereocenters. The lowest BCUT2D eigenvalue weighted by Gasteiger charge is -2.10. The Morgan fingerprint density at radius 2 is 2.23 bits per heavy atom. The van der Waals surface area contributed by atoms with Gasteiger partial charge in [-0.2, -0.15) is 5.26 Å². The summed E-state index contributed by atoms with van der Waals surface area (Å²) >= 11 is 6.01. The molecule has 1 aromatic heterocycles. The standard InChI is InChI=1S/C16H15ClN4O/c1-11-13(17)3-2-4-14(11)21-16(22)6-8-20-15-9-12(10-18)5-7-19-15/h2-5,7,9H,6,8H2,1H3,(H,19,20)(H,21,22). The molecule has 2 aromatic rings. The largest absolute Gasteiger partial charge is 0.370 e. The SMILES string of the molecule is Cc1c(Cl)cccc1NC(=O)CCNc1cc(C#N)ccn1. The fraction of sp³-hybridized carbons (Fsp3) is 0.188. The Hall–Kier alpha value is -2.58. The molecule has 22 heavy (non-hydrogen) atoms. The summed E-state index contributed by atoms with van der Waals surface area (Å²) in [4.78, 5) is 16.0. The molecule has 0 aliphatic rings. The van der Waals surface area contributed by atoms with Gasteiger partial charge in [0.1, 0.15) is 5.82 Å². The zero-order valence-corrected chi connectivity index (χ0v) is 12.8. The zero-order valence-electron chi connectivity index (χ0n) is 12.1. The van der Waals surface area contributed by atoms with E-state index >= 15 is 0 Å². The van der Waals surface area contributed by atoms with E-state index in [0.717, 1.165) is 5.56 Å². The first-order valence-corrected chi connectivity index (χ1v) is 7.13. The first-order valence-electron chi connectivity index (χ1n) is 6.75. The Balaban J connectivity index is 1.85. The number of aromatic nitrogens is 1. The van der Waals surface area contributed by atoms with E-state index in [-0.39, 0.29) is 12.3 Å². The van der Waals surface area contributed by atoms with Crippen molar-refractivity contribution < 1.29 is 4.79 Å². The third-order valence-corrected chi connectivity index (χ3v) is 3.50. The molecule has 0 aliphatic carbocycles. The number of amides is 1. The number of nitrogens with one attached hydrogen (secondary N) is 2. The van der Waals surface area contributed by atoms with E-state index < -0.39 is 0 Å².